The molecule has 0 radical (unpaired) electrons. The summed E-state index contributed by atoms with van der Waals surface area (Å²) >= 11 is 0. The standard InChI is InChI=1S/C22H28N4O2/c1-22(27,16-4-3-9-24-13-16)15-26-20-6-5-17(28-11-8-23)12-18(20)19-14-25(2)10-7-21(19)26/h3-6,9,12-13,27H,7-8,10-11,14-15,23H2,1-2H3. The van der Waals surface area contributed by atoms with Gasteiger partial charge in [-0.2, -0.15) is 0 Å². The Labute approximate surface area is 165 Å². The van der Waals surface area contributed by atoms with Crippen LogP contribution in [0.4, 0.5) is 0 Å². The van der Waals surface area contributed by atoms with Gasteiger partial charge in [-0.25, -0.2) is 0 Å². The molecule has 0 amide bonds. The first-order valence-electron chi connectivity index (χ1n) is 9.78. The van der Waals surface area contributed by atoms with Gasteiger partial charge >= 0.3 is 0 Å². The summed E-state index contributed by atoms with van der Waals surface area (Å²) in [5.41, 5.74) is 9.14. The van der Waals surface area contributed by atoms with Crippen LogP contribution >= 0.6 is 0 Å². The molecule has 0 fully saturated rings. The van der Waals surface area contributed by atoms with Gasteiger partial charge < -0.3 is 25.0 Å². The van der Waals surface area contributed by atoms with Crippen LogP contribution in [0.3, 0.4) is 0 Å². The number of benzene rings is 1. The Bertz CT molecular complexity index is 966. The number of aromatic nitrogens is 2. The normalized spacial score (nSPS) is 16.7. The minimum atomic E-state index is -1.01. The number of fused-ring (bicyclic) bond motifs is 3. The van der Waals surface area contributed by atoms with Crippen molar-refractivity contribution in [2.45, 2.75) is 32.0 Å². The first-order valence-corrected chi connectivity index (χ1v) is 9.78. The van der Waals surface area contributed by atoms with Crippen LogP contribution in [0.15, 0.2) is 42.7 Å². The zero-order valence-corrected chi connectivity index (χ0v) is 16.6. The minimum absolute atomic E-state index is 0.483. The number of hydrogen-bond donors (Lipinski definition) is 2. The summed E-state index contributed by atoms with van der Waals surface area (Å²) < 4.78 is 8.03. The van der Waals surface area contributed by atoms with Gasteiger partial charge in [-0.05, 0) is 43.8 Å². The molecule has 1 aliphatic rings. The lowest BCUT2D eigenvalue weighted by Crippen LogP contribution is -2.31. The number of hydrogen-bond acceptors (Lipinski definition) is 5. The number of likely N-dealkylation sites (N-methyl/N-ethyl adjacent to an activating group) is 1. The molecule has 3 N–H and O–H groups in total. The Morgan fingerprint density at radius 2 is 2.18 bits per heavy atom. The SMILES string of the molecule is CN1CCc2c(c3cc(OCCN)ccc3n2CC(C)(O)c2cccnc2)C1. The molecule has 0 bridgehead atoms. The summed E-state index contributed by atoms with van der Waals surface area (Å²) in [6, 6.07) is 9.99. The molecular weight excluding hydrogens is 352 g/mol. The van der Waals surface area contributed by atoms with Gasteiger partial charge in [0.25, 0.3) is 0 Å². The van der Waals surface area contributed by atoms with Crippen molar-refractivity contribution in [3.63, 3.8) is 0 Å². The molecule has 1 atom stereocenters. The summed E-state index contributed by atoms with van der Waals surface area (Å²) in [5, 5.41) is 12.4. The molecule has 0 aliphatic carbocycles. The minimum Gasteiger partial charge on any atom is -0.492 e. The first kappa shape index (κ1) is 18.9. The van der Waals surface area contributed by atoms with Gasteiger partial charge in [0.2, 0.25) is 0 Å². The number of nitrogens with zero attached hydrogens (tertiary/aromatic N) is 3. The maximum Gasteiger partial charge on any atom is 0.120 e. The van der Waals surface area contributed by atoms with Crippen LogP contribution < -0.4 is 10.5 Å². The van der Waals surface area contributed by atoms with Gasteiger partial charge in [0, 0.05) is 60.6 Å². The van der Waals surface area contributed by atoms with Gasteiger partial charge in [0.1, 0.15) is 18.0 Å². The van der Waals surface area contributed by atoms with Crippen LogP contribution in [0.5, 0.6) is 5.75 Å². The Morgan fingerprint density at radius 1 is 1.32 bits per heavy atom. The average Bonchev–Trinajstić information content (AvgIpc) is 2.99. The Kier molecular flexibility index (Phi) is 5.10. The van der Waals surface area contributed by atoms with Crippen molar-refractivity contribution >= 4 is 10.9 Å². The molecule has 1 aromatic carbocycles. The molecule has 3 heterocycles. The van der Waals surface area contributed by atoms with Crippen LogP contribution in [0.25, 0.3) is 10.9 Å². The average molecular weight is 380 g/mol. The molecular formula is C22H28N4O2. The fourth-order valence-electron chi connectivity index (χ4n) is 4.09. The van der Waals surface area contributed by atoms with Crippen molar-refractivity contribution < 1.29 is 9.84 Å². The van der Waals surface area contributed by atoms with Gasteiger partial charge in [-0.3, -0.25) is 4.98 Å². The summed E-state index contributed by atoms with van der Waals surface area (Å²) in [6.45, 7) is 5.24. The monoisotopic (exact) mass is 380 g/mol. The van der Waals surface area contributed by atoms with Crippen LogP contribution in [-0.4, -0.2) is 46.3 Å². The highest BCUT2D eigenvalue weighted by Crippen LogP contribution is 2.35. The highest BCUT2D eigenvalue weighted by molar-refractivity contribution is 5.87. The molecule has 6 nitrogen and oxygen atoms in total. The van der Waals surface area contributed by atoms with E-state index in [1.807, 2.05) is 25.1 Å². The van der Waals surface area contributed by atoms with E-state index in [1.54, 1.807) is 12.4 Å². The maximum absolute atomic E-state index is 11.2. The number of pyridine rings is 1. The Hall–Kier alpha value is -2.41. The first-order chi connectivity index (χ1) is 13.5. The lowest BCUT2D eigenvalue weighted by molar-refractivity contribution is 0.0381. The van der Waals surface area contributed by atoms with Crippen molar-refractivity contribution in [2.75, 3.05) is 26.7 Å². The molecule has 0 saturated heterocycles. The quantitative estimate of drug-likeness (QED) is 0.686. The van der Waals surface area contributed by atoms with Crippen molar-refractivity contribution in [1.29, 1.82) is 0 Å². The highest BCUT2D eigenvalue weighted by atomic mass is 16.5. The van der Waals surface area contributed by atoms with Crippen LogP contribution in [0, 0.1) is 0 Å². The predicted molar refractivity (Wildman–Crippen MR) is 110 cm³/mol. The van der Waals surface area contributed by atoms with E-state index in [0.717, 1.165) is 36.3 Å². The molecule has 1 aliphatic heterocycles. The third kappa shape index (κ3) is 3.51. The van der Waals surface area contributed by atoms with E-state index in [9.17, 15) is 5.11 Å². The highest BCUT2D eigenvalue weighted by Gasteiger charge is 2.29. The van der Waals surface area contributed by atoms with Crippen LogP contribution in [0.2, 0.25) is 0 Å². The fourth-order valence-corrected chi connectivity index (χ4v) is 4.09. The topological polar surface area (TPSA) is 76.5 Å². The molecule has 0 saturated carbocycles. The Balaban J connectivity index is 1.79. The second kappa shape index (κ2) is 7.54. The van der Waals surface area contributed by atoms with Crippen LogP contribution in [0.1, 0.15) is 23.7 Å². The van der Waals surface area contributed by atoms with E-state index in [1.165, 1.54) is 16.6 Å². The van der Waals surface area contributed by atoms with Gasteiger partial charge in [0.15, 0.2) is 0 Å². The van der Waals surface area contributed by atoms with Crippen molar-refractivity contribution in [2.24, 2.45) is 5.73 Å². The van der Waals surface area contributed by atoms with Gasteiger partial charge in [0.05, 0.1) is 6.54 Å². The fraction of sp³-hybridized carbons (Fsp3) is 0.409. The van der Waals surface area contributed by atoms with E-state index in [2.05, 4.69) is 33.6 Å². The molecule has 28 heavy (non-hydrogen) atoms. The maximum atomic E-state index is 11.2. The van der Waals surface area contributed by atoms with E-state index >= 15 is 0 Å². The molecule has 148 valence electrons. The van der Waals surface area contributed by atoms with Crippen LogP contribution in [-0.2, 0) is 25.1 Å². The summed E-state index contributed by atoms with van der Waals surface area (Å²) in [4.78, 5) is 6.51. The second-order valence-corrected chi connectivity index (χ2v) is 7.83. The molecule has 4 rings (SSSR count). The number of ether oxygens (including phenoxy) is 1. The van der Waals surface area contributed by atoms with E-state index < -0.39 is 5.60 Å². The summed E-state index contributed by atoms with van der Waals surface area (Å²) in [6.07, 6.45) is 4.43. The second-order valence-electron chi connectivity index (χ2n) is 7.83. The summed E-state index contributed by atoms with van der Waals surface area (Å²) in [5.74, 6) is 0.838. The lowest BCUT2D eigenvalue weighted by atomic mass is 9.97. The number of nitrogens with two attached hydrogens (primary N) is 1. The van der Waals surface area contributed by atoms with Crippen molar-refractivity contribution in [3.8, 4) is 5.75 Å². The third-order valence-corrected chi connectivity index (χ3v) is 5.55. The van der Waals surface area contributed by atoms with Gasteiger partial charge in [-0.1, -0.05) is 6.07 Å². The third-order valence-electron chi connectivity index (χ3n) is 5.55. The zero-order valence-electron chi connectivity index (χ0n) is 16.6. The van der Waals surface area contributed by atoms with E-state index in [0.29, 0.717) is 19.7 Å². The predicted octanol–water partition coefficient (Wildman–Crippen LogP) is 2.27. The summed E-state index contributed by atoms with van der Waals surface area (Å²) in [7, 11) is 2.15. The molecule has 1 unspecified atom stereocenters. The van der Waals surface area contributed by atoms with Crippen molar-refractivity contribution in [3.05, 3.63) is 59.5 Å². The van der Waals surface area contributed by atoms with E-state index in [-0.39, 0.29) is 0 Å². The number of rotatable bonds is 6. The Morgan fingerprint density at radius 3 is 2.93 bits per heavy atom. The zero-order chi connectivity index (χ0) is 19.7. The van der Waals surface area contributed by atoms with E-state index in [4.69, 9.17) is 10.5 Å². The van der Waals surface area contributed by atoms with Crippen molar-refractivity contribution in [1.82, 2.24) is 14.5 Å². The lowest BCUT2D eigenvalue weighted by Gasteiger charge is -2.28. The number of aliphatic hydroxyl groups is 1. The molecule has 0 spiro atoms. The smallest absolute Gasteiger partial charge is 0.120 e. The van der Waals surface area contributed by atoms with Gasteiger partial charge in [-0.15, -0.1) is 0 Å². The molecule has 3 aromatic rings. The molecule has 6 heteroatoms. The molecule has 2 aromatic heterocycles. The largest absolute Gasteiger partial charge is 0.492 e.